The van der Waals surface area contributed by atoms with Crippen molar-refractivity contribution in [2.45, 2.75) is 32.9 Å². The normalized spacial score (nSPS) is 11.7. The number of nitrogens with one attached hydrogen (secondary N) is 3. The van der Waals surface area contributed by atoms with Gasteiger partial charge in [0.1, 0.15) is 11.6 Å². The highest BCUT2D eigenvalue weighted by Crippen LogP contribution is 2.19. The van der Waals surface area contributed by atoms with Crippen LogP contribution in [0.25, 0.3) is 0 Å². The van der Waals surface area contributed by atoms with Gasteiger partial charge in [-0.15, -0.1) is 0 Å². The summed E-state index contributed by atoms with van der Waals surface area (Å²) in [6.07, 6.45) is 1.65. The van der Waals surface area contributed by atoms with E-state index in [0.717, 1.165) is 5.56 Å². The standard InChI is InChI=1S/C20H26FN5O2/c1-20(2,3)26-17(27)13-25-19(22-4)24-12-14-8-9-18(23-11-14)28-16-7-5-6-15(21)10-16/h5-11H,12-13H2,1-4H3,(H,26,27)(H2,22,24,25). The molecule has 0 saturated carbocycles. The first kappa shape index (κ1) is 21.1. The van der Waals surface area contributed by atoms with Gasteiger partial charge in [0, 0.05) is 37.5 Å². The number of aliphatic imine (C=N–C) groups is 1. The summed E-state index contributed by atoms with van der Waals surface area (Å²) in [5, 5.41) is 8.94. The second-order valence-electron chi connectivity index (χ2n) is 7.14. The summed E-state index contributed by atoms with van der Waals surface area (Å²) >= 11 is 0. The highest BCUT2D eigenvalue weighted by molar-refractivity contribution is 5.86. The zero-order valence-electron chi connectivity index (χ0n) is 16.5. The zero-order valence-corrected chi connectivity index (χ0v) is 16.5. The summed E-state index contributed by atoms with van der Waals surface area (Å²) in [5.41, 5.74) is 0.616. The first-order chi connectivity index (χ1) is 13.2. The molecule has 0 fully saturated rings. The van der Waals surface area contributed by atoms with E-state index in [1.807, 2.05) is 26.8 Å². The third kappa shape index (κ3) is 7.61. The molecule has 0 saturated heterocycles. The first-order valence-corrected chi connectivity index (χ1v) is 8.89. The Labute approximate surface area is 164 Å². The summed E-state index contributed by atoms with van der Waals surface area (Å²) in [6, 6.07) is 9.42. The van der Waals surface area contributed by atoms with Crippen LogP contribution in [0, 0.1) is 5.82 Å². The summed E-state index contributed by atoms with van der Waals surface area (Å²) in [6.45, 7) is 6.36. The third-order valence-corrected chi connectivity index (χ3v) is 3.43. The third-order valence-electron chi connectivity index (χ3n) is 3.43. The Kier molecular flexibility index (Phi) is 7.31. The summed E-state index contributed by atoms with van der Waals surface area (Å²) in [5.74, 6) is 0.778. The number of amides is 1. The lowest BCUT2D eigenvalue weighted by atomic mass is 10.1. The molecule has 0 aliphatic heterocycles. The SMILES string of the molecule is CN=C(NCC(=O)NC(C)(C)C)NCc1ccc(Oc2cccc(F)c2)nc1. The topological polar surface area (TPSA) is 87.6 Å². The van der Waals surface area contributed by atoms with Crippen LogP contribution in [0.3, 0.4) is 0 Å². The molecule has 1 heterocycles. The molecule has 1 amide bonds. The lowest BCUT2D eigenvalue weighted by Gasteiger charge is -2.21. The molecule has 150 valence electrons. The van der Waals surface area contributed by atoms with Crippen LogP contribution in [-0.2, 0) is 11.3 Å². The van der Waals surface area contributed by atoms with E-state index in [9.17, 15) is 9.18 Å². The Morgan fingerprint density at radius 1 is 1.21 bits per heavy atom. The van der Waals surface area contributed by atoms with Gasteiger partial charge in [0.2, 0.25) is 11.8 Å². The number of pyridine rings is 1. The number of carbonyl (C=O) groups is 1. The molecule has 8 heteroatoms. The summed E-state index contributed by atoms with van der Waals surface area (Å²) in [4.78, 5) is 20.2. The molecule has 1 aromatic carbocycles. The van der Waals surface area contributed by atoms with E-state index in [1.165, 1.54) is 12.1 Å². The second-order valence-corrected chi connectivity index (χ2v) is 7.14. The van der Waals surface area contributed by atoms with Gasteiger partial charge < -0.3 is 20.7 Å². The van der Waals surface area contributed by atoms with E-state index in [4.69, 9.17) is 4.74 Å². The minimum atomic E-state index is -0.367. The predicted octanol–water partition coefficient (Wildman–Crippen LogP) is 2.59. The average Bonchev–Trinajstić information content (AvgIpc) is 2.62. The number of carbonyl (C=O) groups excluding carboxylic acids is 1. The van der Waals surface area contributed by atoms with Crippen molar-refractivity contribution < 1.29 is 13.9 Å². The number of halogens is 1. The van der Waals surface area contributed by atoms with E-state index >= 15 is 0 Å². The lowest BCUT2D eigenvalue weighted by Crippen LogP contribution is -2.48. The van der Waals surface area contributed by atoms with Crippen molar-refractivity contribution in [3.8, 4) is 11.6 Å². The van der Waals surface area contributed by atoms with E-state index in [0.29, 0.717) is 24.1 Å². The maximum Gasteiger partial charge on any atom is 0.239 e. The highest BCUT2D eigenvalue weighted by atomic mass is 19.1. The quantitative estimate of drug-likeness (QED) is 0.524. The number of aromatic nitrogens is 1. The van der Waals surface area contributed by atoms with E-state index in [2.05, 4.69) is 25.9 Å². The fourth-order valence-electron chi connectivity index (χ4n) is 2.26. The fourth-order valence-corrected chi connectivity index (χ4v) is 2.26. The minimum absolute atomic E-state index is 0.115. The van der Waals surface area contributed by atoms with Crippen LogP contribution >= 0.6 is 0 Å². The van der Waals surface area contributed by atoms with Crippen molar-refractivity contribution >= 4 is 11.9 Å². The molecule has 0 aliphatic rings. The van der Waals surface area contributed by atoms with Crippen LogP contribution in [0.1, 0.15) is 26.3 Å². The number of hydrogen-bond acceptors (Lipinski definition) is 4. The molecular formula is C20H26FN5O2. The van der Waals surface area contributed by atoms with Crippen LogP contribution in [0.15, 0.2) is 47.6 Å². The van der Waals surface area contributed by atoms with Crippen LogP contribution < -0.4 is 20.7 Å². The predicted molar refractivity (Wildman–Crippen MR) is 107 cm³/mol. The maximum atomic E-state index is 13.2. The Bertz CT molecular complexity index is 816. The number of guanidine groups is 1. The molecule has 0 aliphatic carbocycles. The van der Waals surface area contributed by atoms with Gasteiger partial charge in [-0.2, -0.15) is 0 Å². The molecule has 0 unspecified atom stereocenters. The highest BCUT2D eigenvalue weighted by Gasteiger charge is 2.13. The summed E-state index contributed by atoms with van der Waals surface area (Å²) < 4.78 is 18.7. The first-order valence-electron chi connectivity index (χ1n) is 8.89. The van der Waals surface area contributed by atoms with Gasteiger partial charge in [0.05, 0.1) is 6.54 Å². The van der Waals surface area contributed by atoms with Crippen molar-refractivity contribution in [3.05, 3.63) is 54.0 Å². The lowest BCUT2D eigenvalue weighted by molar-refractivity contribution is -0.121. The van der Waals surface area contributed by atoms with Gasteiger partial charge in [-0.25, -0.2) is 9.37 Å². The molecule has 2 aromatic rings. The van der Waals surface area contributed by atoms with Crippen LogP contribution in [0.2, 0.25) is 0 Å². The molecule has 0 bridgehead atoms. The summed E-state index contributed by atoms with van der Waals surface area (Å²) in [7, 11) is 1.63. The van der Waals surface area contributed by atoms with Crippen molar-refractivity contribution in [3.63, 3.8) is 0 Å². The smallest absolute Gasteiger partial charge is 0.239 e. The van der Waals surface area contributed by atoms with Gasteiger partial charge in [-0.3, -0.25) is 9.79 Å². The van der Waals surface area contributed by atoms with E-state index in [-0.39, 0.29) is 23.8 Å². The van der Waals surface area contributed by atoms with E-state index < -0.39 is 0 Å². The van der Waals surface area contributed by atoms with Crippen molar-refractivity contribution in [1.82, 2.24) is 20.9 Å². The number of nitrogens with zero attached hydrogens (tertiary/aromatic N) is 2. The van der Waals surface area contributed by atoms with Gasteiger partial charge in [0.25, 0.3) is 0 Å². The van der Waals surface area contributed by atoms with Crippen molar-refractivity contribution in [2.24, 2.45) is 4.99 Å². The van der Waals surface area contributed by atoms with Gasteiger partial charge >= 0.3 is 0 Å². The molecule has 0 radical (unpaired) electrons. The largest absolute Gasteiger partial charge is 0.439 e. The Morgan fingerprint density at radius 3 is 2.61 bits per heavy atom. The molecule has 7 nitrogen and oxygen atoms in total. The minimum Gasteiger partial charge on any atom is -0.439 e. The Hall–Kier alpha value is -3.16. The van der Waals surface area contributed by atoms with Gasteiger partial charge in [-0.05, 0) is 38.5 Å². The average molecular weight is 387 g/mol. The maximum absolute atomic E-state index is 13.2. The molecule has 2 rings (SSSR count). The second kappa shape index (κ2) is 9.68. The monoisotopic (exact) mass is 387 g/mol. The number of ether oxygens (including phenoxy) is 1. The molecule has 28 heavy (non-hydrogen) atoms. The molecule has 3 N–H and O–H groups in total. The Morgan fingerprint density at radius 2 is 2.00 bits per heavy atom. The number of benzene rings is 1. The molecule has 0 spiro atoms. The van der Waals surface area contributed by atoms with E-state index in [1.54, 1.807) is 31.4 Å². The Balaban J connectivity index is 1.82. The zero-order chi connectivity index (χ0) is 20.6. The molecule has 0 atom stereocenters. The molecule has 1 aromatic heterocycles. The number of rotatable bonds is 6. The number of hydrogen-bond donors (Lipinski definition) is 3. The fraction of sp³-hybridized carbons (Fsp3) is 0.350. The van der Waals surface area contributed by atoms with Crippen LogP contribution in [-0.4, -0.2) is 36.0 Å². The van der Waals surface area contributed by atoms with Crippen molar-refractivity contribution in [2.75, 3.05) is 13.6 Å². The van der Waals surface area contributed by atoms with Gasteiger partial charge in [0.15, 0.2) is 5.96 Å². The molecular weight excluding hydrogens is 361 g/mol. The van der Waals surface area contributed by atoms with Crippen LogP contribution in [0.5, 0.6) is 11.6 Å². The van der Waals surface area contributed by atoms with Crippen LogP contribution in [0.4, 0.5) is 4.39 Å². The van der Waals surface area contributed by atoms with Crippen molar-refractivity contribution in [1.29, 1.82) is 0 Å². The van der Waals surface area contributed by atoms with Gasteiger partial charge in [-0.1, -0.05) is 12.1 Å².